The van der Waals surface area contributed by atoms with Crippen LogP contribution in [0.25, 0.3) is 0 Å². The van der Waals surface area contributed by atoms with Gasteiger partial charge < -0.3 is 10.6 Å². The summed E-state index contributed by atoms with van der Waals surface area (Å²) in [4.78, 5) is 25.2. The molecular weight excluding hydrogens is 340 g/mol. The first kappa shape index (κ1) is 17.5. The van der Waals surface area contributed by atoms with E-state index in [1.54, 1.807) is 24.3 Å². The van der Waals surface area contributed by atoms with Gasteiger partial charge in [0, 0.05) is 11.3 Å². The quantitative estimate of drug-likeness (QED) is 0.721. The molecule has 1 aromatic heterocycles. The van der Waals surface area contributed by atoms with Crippen molar-refractivity contribution in [3.8, 4) is 0 Å². The predicted octanol–water partition coefficient (Wildman–Crippen LogP) is 3.82. The van der Waals surface area contributed by atoms with Gasteiger partial charge in [0.15, 0.2) is 0 Å². The number of carbonyl (C=O) groups excluding carboxylic acids is 2. The Morgan fingerprint density at radius 2 is 1.89 bits per heavy atom. The fourth-order valence-electron chi connectivity index (χ4n) is 4.26. The van der Waals surface area contributed by atoms with E-state index in [9.17, 15) is 9.59 Å². The van der Waals surface area contributed by atoms with Gasteiger partial charge in [0.25, 0.3) is 5.91 Å². The molecule has 0 unspecified atom stereocenters. The third-order valence-corrected chi connectivity index (χ3v) is 5.97. The van der Waals surface area contributed by atoms with Crippen molar-refractivity contribution < 1.29 is 9.59 Å². The number of hydrogen-bond donors (Lipinski definition) is 3. The van der Waals surface area contributed by atoms with Crippen LogP contribution in [-0.4, -0.2) is 22.0 Å². The topological polar surface area (TPSA) is 86.9 Å². The molecule has 3 N–H and O–H groups in total. The zero-order valence-electron chi connectivity index (χ0n) is 15.8. The first-order valence-corrected chi connectivity index (χ1v) is 9.29. The molecule has 4 rings (SSSR count). The Morgan fingerprint density at radius 1 is 1.15 bits per heavy atom. The number of H-pyrrole nitrogens is 1. The van der Waals surface area contributed by atoms with Gasteiger partial charge >= 0.3 is 0 Å². The van der Waals surface area contributed by atoms with Crippen molar-refractivity contribution in [1.82, 2.24) is 10.2 Å². The Hall–Kier alpha value is -2.89. The number of nitrogens with zero attached hydrogens (tertiary/aromatic N) is 1. The smallest absolute Gasteiger partial charge is 0.255 e. The molecule has 6 nitrogen and oxygen atoms in total. The number of carbonyl (C=O) groups is 2. The van der Waals surface area contributed by atoms with E-state index in [0.717, 1.165) is 24.2 Å². The molecule has 2 aromatic rings. The minimum atomic E-state index is -0.341. The van der Waals surface area contributed by atoms with Crippen molar-refractivity contribution in [3.05, 3.63) is 53.4 Å². The molecule has 0 saturated heterocycles. The van der Waals surface area contributed by atoms with E-state index in [0.29, 0.717) is 28.8 Å². The first-order valence-electron chi connectivity index (χ1n) is 9.29. The molecule has 2 bridgehead atoms. The molecule has 140 valence electrons. The van der Waals surface area contributed by atoms with Crippen LogP contribution in [0.15, 0.2) is 36.4 Å². The number of fused-ring (bicyclic) bond motifs is 2. The van der Waals surface area contributed by atoms with E-state index in [2.05, 4.69) is 33.0 Å². The number of benzene rings is 1. The normalized spacial score (nSPS) is 25.6. The number of aromatic amines is 1. The van der Waals surface area contributed by atoms with E-state index in [-0.39, 0.29) is 17.2 Å². The molecule has 1 heterocycles. The highest BCUT2D eigenvalue weighted by Gasteiger charge is 2.49. The second-order valence-corrected chi connectivity index (χ2v) is 7.90. The van der Waals surface area contributed by atoms with E-state index in [4.69, 9.17) is 0 Å². The van der Waals surface area contributed by atoms with Crippen LogP contribution in [0.1, 0.15) is 41.5 Å². The Labute approximate surface area is 158 Å². The number of aryl methyl sites for hydroxylation is 2. The van der Waals surface area contributed by atoms with Crippen molar-refractivity contribution in [3.63, 3.8) is 0 Å². The summed E-state index contributed by atoms with van der Waals surface area (Å²) in [6.45, 7) is 5.75. The summed E-state index contributed by atoms with van der Waals surface area (Å²) < 4.78 is 0. The Kier molecular flexibility index (Phi) is 4.13. The average molecular weight is 364 g/mol. The standard InChI is InChI=1S/C21H24N4O2/c1-12-18(13(2)25-24-12)23-19(26)15-5-8-17(9-6-15)22-20(27)21(3)11-14-4-7-16(21)10-14/h4-9,14,16H,10-11H2,1-3H3,(H,22,27)(H,23,26)(H,24,25)/t14-,16-,21-/m0/s1. The highest BCUT2D eigenvalue weighted by atomic mass is 16.2. The Bertz CT molecular complexity index is 909. The van der Waals surface area contributed by atoms with Crippen LogP contribution in [0, 0.1) is 31.1 Å². The van der Waals surface area contributed by atoms with Crippen LogP contribution < -0.4 is 10.6 Å². The van der Waals surface area contributed by atoms with Gasteiger partial charge in [-0.1, -0.05) is 19.1 Å². The van der Waals surface area contributed by atoms with Gasteiger partial charge in [-0.25, -0.2) is 0 Å². The molecule has 0 radical (unpaired) electrons. The SMILES string of the molecule is Cc1n[nH]c(C)c1NC(=O)c1ccc(NC(=O)[C@@]2(C)C[C@H]3C=C[C@H]2C3)cc1. The van der Waals surface area contributed by atoms with E-state index in [1.807, 2.05) is 20.8 Å². The number of aromatic nitrogens is 2. The lowest BCUT2D eigenvalue weighted by Gasteiger charge is -2.29. The molecule has 0 spiro atoms. The number of anilines is 2. The van der Waals surface area contributed by atoms with Gasteiger partial charge in [0.1, 0.15) is 0 Å². The molecule has 1 aromatic carbocycles. The molecule has 0 aliphatic heterocycles. The van der Waals surface area contributed by atoms with E-state index >= 15 is 0 Å². The summed E-state index contributed by atoms with van der Waals surface area (Å²) in [6, 6.07) is 6.99. The fraction of sp³-hybridized carbons (Fsp3) is 0.381. The van der Waals surface area contributed by atoms with Crippen molar-refractivity contribution in [2.75, 3.05) is 10.6 Å². The Morgan fingerprint density at radius 3 is 2.44 bits per heavy atom. The fourth-order valence-corrected chi connectivity index (χ4v) is 4.26. The van der Waals surface area contributed by atoms with Crippen molar-refractivity contribution in [1.29, 1.82) is 0 Å². The number of amides is 2. The zero-order valence-corrected chi connectivity index (χ0v) is 15.8. The summed E-state index contributed by atoms with van der Waals surface area (Å²) >= 11 is 0. The predicted molar refractivity (Wildman–Crippen MR) is 105 cm³/mol. The van der Waals surface area contributed by atoms with Crippen molar-refractivity contribution >= 4 is 23.2 Å². The van der Waals surface area contributed by atoms with Gasteiger partial charge in [-0.15, -0.1) is 0 Å². The lowest BCUT2D eigenvalue weighted by atomic mass is 9.77. The highest BCUT2D eigenvalue weighted by Crippen LogP contribution is 2.52. The molecule has 1 fully saturated rings. The minimum Gasteiger partial charge on any atom is -0.326 e. The minimum absolute atomic E-state index is 0.0567. The summed E-state index contributed by atoms with van der Waals surface area (Å²) in [5.74, 6) is 0.715. The van der Waals surface area contributed by atoms with Crippen LogP contribution >= 0.6 is 0 Å². The molecule has 6 heteroatoms. The summed E-state index contributed by atoms with van der Waals surface area (Å²) in [5, 5.41) is 12.8. The lowest BCUT2D eigenvalue weighted by Crippen LogP contribution is -2.36. The third-order valence-electron chi connectivity index (χ3n) is 5.97. The number of allylic oxidation sites excluding steroid dienone is 2. The molecule has 1 saturated carbocycles. The monoisotopic (exact) mass is 364 g/mol. The van der Waals surface area contributed by atoms with Crippen LogP contribution in [0.2, 0.25) is 0 Å². The zero-order chi connectivity index (χ0) is 19.2. The van der Waals surface area contributed by atoms with Crippen LogP contribution in [-0.2, 0) is 4.79 Å². The third kappa shape index (κ3) is 3.05. The van der Waals surface area contributed by atoms with Gasteiger partial charge in [-0.2, -0.15) is 5.10 Å². The van der Waals surface area contributed by atoms with Crippen molar-refractivity contribution in [2.24, 2.45) is 17.3 Å². The largest absolute Gasteiger partial charge is 0.326 e. The summed E-state index contributed by atoms with van der Waals surface area (Å²) in [5.41, 5.74) is 3.17. The van der Waals surface area contributed by atoms with Crippen molar-refractivity contribution in [2.45, 2.75) is 33.6 Å². The average Bonchev–Trinajstić information content (AvgIpc) is 3.33. The van der Waals surface area contributed by atoms with E-state index < -0.39 is 0 Å². The van der Waals surface area contributed by atoms with Gasteiger partial charge in [-0.05, 0) is 62.8 Å². The molecular formula is C21H24N4O2. The van der Waals surface area contributed by atoms with Crippen LogP contribution in [0.5, 0.6) is 0 Å². The molecule has 3 atom stereocenters. The molecule has 2 aliphatic rings. The summed E-state index contributed by atoms with van der Waals surface area (Å²) in [7, 11) is 0. The Balaban J connectivity index is 1.42. The maximum Gasteiger partial charge on any atom is 0.255 e. The number of hydrogen-bond acceptors (Lipinski definition) is 3. The number of rotatable bonds is 4. The molecule has 2 aliphatic carbocycles. The number of nitrogens with one attached hydrogen (secondary N) is 3. The maximum atomic E-state index is 12.8. The molecule has 2 amide bonds. The van der Waals surface area contributed by atoms with Gasteiger partial charge in [0.05, 0.1) is 22.5 Å². The van der Waals surface area contributed by atoms with Gasteiger partial charge in [0.2, 0.25) is 5.91 Å². The second-order valence-electron chi connectivity index (χ2n) is 7.90. The highest BCUT2D eigenvalue weighted by molar-refractivity contribution is 6.05. The molecule has 27 heavy (non-hydrogen) atoms. The lowest BCUT2D eigenvalue weighted by molar-refractivity contribution is -0.126. The van der Waals surface area contributed by atoms with Gasteiger partial charge in [-0.3, -0.25) is 14.7 Å². The van der Waals surface area contributed by atoms with Crippen LogP contribution in [0.4, 0.5) is 11.4 Å². The summed E-state index contributed by atoms with van der Waals surface area (Å²) in [6.07, 6.45) is 6.40. The second kappa shape index (κ2) is 6.37. The first-order chi connectivity index (χ1) is 12.9. The maximum absolute atomic E-state index is 12.8. The van der Waals surface area contributed by atoms with E-state index in [1.165, 1.54) is 0 Å². The van der Waals surface area contributed by atoms with Crippen LogP contribution in [0.3, 0.4) is 0 Å².